The molecule has 6 N–H and O–H groups in total. The molecule has 71 heavy (non-hydrogen) atoms. The van der Waals surface area contributed by atoms with E-state index in [1.54, 1.807) is 74.5 Å². The lowest BCUT2D eigenvalue weighted by molar-refractivity contribution is -0.121. The second-order valence-electron chi connectivity index (χ2n) is 17.7. The van der Waals surface area contributed by atoms with Gasteiger partial charge in [-0.15, -0.1) is 0 Å². The molecule has 0 aliphatic carbocycles. The molecule has 372 valence electrons. The van der Waals surface area contributed by atoms with Crippen molar-refractivity contribution in [3.05, 3.63) is 173 Å². The van der Waals surface area contributed by atoms with Crippen molar-refractivity contribution in [2.75, 3.05) is 52.2 Å². The Morgan fingerprint density at radius 1 is 0.606 bits per heavy atom. The summed E-state index contributed by atoms with van der Waals surface area (Å²) in [5.74, 6) is 0.774. The maximum atomic E-state index is 12.7. The number of ether oxygens (including phenoxy) is 4. The van der Waals surface area contributed by atoms with Crippen LogP contribution in [-0.4, -0.2) is 80.1 Å². The van der Waals surface area contributed by atoms with Crippen molar-refractivity contribution in [3.63, 3.8) is 0 Å². The van der Waals surface area contributed by atoms with E-state index >= 15 is 0 Å². The summed E-state index contributed by atoms with van der Waals surface area (Å²) >= 11 is 0. The molecule has 0 spiro atoms. The van der Waals surface area contributed by atoms with Crippen LogP contribution in [0, 0.1) is 0 Å². The van der Waals surface area contributed by atoms with Gasteiger partial charge in [-0.05, 0) is 89.8 Å². The predicted molar refractivity (Wildman–Crippen MR) is 278 cm³/mol. The minimum atomic E-state index is -0.989. The summed E-state index contributed by atoms with van der Waals surface area (Å²) in [6, 6.07) is 42.8. The molecule has 0 aliphatic rings. The first-order valence-corrected chi connectivity index (χ1v) is 22.9. The second kappa shape index (κ2) is 24.9. The SMILES string of the molecule is COc1ccc(C(=O)Nc2ccc(C(C)(C)CN)cc2)cc1OC.COc1ccc(C(=O)Nc2ccc(C(C)(C)CNC(=O)CCc3ccccc3)cc2)cc1OC.Cn1nc(C(=O)O)c2ccccc21. The van der Waals surface area contributed by atoms with E-state index in [1.165, 1.54) is 14.2 Å². The Hall–Kier alpha value is -8.17. The number of nitrogens with two attached hydrogens (primary N) is 1. The Bertz CT molecular complexity index is 2900. The summed E-state index contributed by atoms with van der Waals surface area (Å²) in [6.07, 6.45) is 1.18. The van der Waals surface area contributed by atoms with Gasteiger partial charge in [-0.1, -0.05) is 100 Å². The normalized spacial score (nSPS) is 10.9. The van der Waals surface area contributed by atoms with Crippen molar-refractivity contribution in [3.8, 4) is 23.0 Å². The lowest BCUT2D eigenvalue weighted by Gasteiger charge is -2.26. The van der Waals surface area contributed by atoms with Crippen LogP contribution in [0.15, 0.2) is 140 Å². The molecule has 0 bridgehead atoms. The number of fused-ring (bicyclic) bond motifs is 1. The van der Waals surface area contributed by atoms with Crippen LogP contribution in [0.5, 0.6) is 23.0 Å². The van der Waals surface area contributed by atoms with Crippen molar-refractivity contribution in [2.24, 2.45) is 12.8 Å². The molecule has 15 heteroatoms. The zero-order valence-corrected chi connectivity index (χ0v) is 41.8. The van der Waals surface area contributed by atoms with Gasteiger partial charge in [-0.25, -0.2) is 4.79 Å². The molecule has 0 saturated heterocycles. The monoisotopic (exact) mass is 964 g/mol. The molecular formula is C56H64N6O9. The van der Waals surface area contributed by atoms with Gasteiger partial charge in [-0.2, -0.15) is 5.10 Å². The lowest BCUT2D eigenvalue weighted by Crippen LogP contribution is -2.36. The molecule has 6 aromatic carbocycles. The van der Waals surface area contributed by atoms with Crippen LogP contribution in [0.4, 0.5) is 11.4 Å². The topological polar surface area (TPSA) is 205 Å². The Morgan fingerprint density at radius 2 is 1.07 bits per heavy atom. The molecule has 0 radical (unpaired) electrons. The highest BCUT2D eigenvalue weighted by Crippen LogP contribution is 2.30. The Balaban J connectivity index is 0.000000218. The van der Waals surface area contributed by atoms with E-state index in [2.05, 4.69) is 48.7 Å². The van der Waals surface area contributed by atoms with Crippen LogP contribution >= 0.6 is 0 Å². The third-order valence-electron chi connectivity index (χ3n) is 11.8. The first-order valence-electron chi connectivity index (χ1n) is 22.9. The van der Waals surface area contributed by atoms with E-state index in [1.807, 2.05) is 91.0 Å². The first-order chi connectivity index (χ1) is 33.9. The first kappa shape index (κ1) is 53.8. The molecule has 7 aromatic rings. The zero-order chi connectivity index (χ0) is 51.7. The second-order valence-corrected chi connectivity index (χ2v) is 17.7. The minimum Gasteiger partial charge on any atom is -0.493 e. The highest BCUT2D eigenvalue weighted by atomic mass is 16.5. The van der Waals surface area contributed by atoms with Gasteiger partial charge in [-0.3, -0.25) is 19.1 Å². The van der Waals surface area contributed by atoms with E-state index in [4.69, 9.17) is 29.8 Å². The third kappa shape index (κ3) is 14.7. The molecule has 1 aromatic heterocycles. The number of aromatic nitrogens is 2. The maximum Gasteiger partial charge on any atom is 0.357 e. The number of carbonyl (C=O) groups is 4. The van der Waals surface area contributed by atoms with Crippen molar-refractivity contribution >= 4 is 46.0 Å². The number of carboxylic acid groups (broad SMARTS) is 1. The molecule has 1 heterocycles. The van der Waals surface area contributed by atoms with Crippen LogP contribution in [0.2, 0.25) is 0 Å². The summed E-state index contributed by atoms with van der Waals surface area (Å²) < 4.78 is 22.5. The van der Waals surface area contributed by atoms with Gasteiger partial charge >= 0.3 is 5.97 Å². The van der Waals surface area contributed by atoms with Crippen LogP contribution in [0.1, 0.15) is 82.0 Å². The average molecular weight is 965 g/mol. The van der Waals surface area contributed by atoms with Crippen LogP contribution in [-0.2, 0) is 29.1 Å². The van der Waals surface area contributed by atoms with Crippen molar-refractivity contribution in [1.29, 1.82) is 0 Å². The number of hydrogen-bond acceptors (Lipinski definition) is 10. The van der Waals surface area contributed by atoms with Crippen LogP contribution in [0.3, 0.4) is 0 Å². The third-order valence-corrected chi connectivity index (χ3v) is 11.8. The number of nitrogens with zero attached hydrogens (tertiary/aromatic N) is 2. The number of methoxy groups -OCH3 is 4. The molecule has 0 aliphatic heterocycles. The fourth-order valence-corrected chi connectivity index (χ4v) is 7.27. The summed E-state index contributed by atoms with van der Waals surface area (Å²) in [5, 5.41) is 22.2. The number of carboxylic acids is 1. The Morgan fingerprint density at radius 3 is 1.54 bits per heavy atom. The van der Waals surface area contributed by atoms with E-state index < -0.39 is 5.97 Å². The number of amides is 3. The molecule has 3 amide bonds. The number of carbonyl (C=O) groups excluding carboxylic acids is 3. The smallest absolute Gasteiger partial charge is 0.357 e. The van der Waals surface area contributed by atoms with E-state index in [0.717, 1.165) is 34.3 Å². The number of anilines is 2. The zero-order valence-electron chi connectivity index (χ0n) is 41.8. The fourth-order valence-electron chi connectivity index (χ4n) is 7.27. The highest BCUT2D eigenvalue weighted by Gasteiger charge is 2.22. The molecule has 0 saturated carbocycles. The van der Waals surface area contributed by atoms with Gasteiger partial charge in [0.25, 0.3) is 11.8 Å². The van der Waals surface area contributed by atoms with Crippen molar-refractivity contribution in [2.45, 2.75) is 51.4 Å². The van der Waals surface area contributed by atoms with Crippen molar-refractivity contribution in [1.82, 2.24) is 15.1 Å². The van der Waals surface area contributed by atoms with E-state index in [0.29, 0.717) is 64.7 Å². The highest BCUT2D eigenvalue weighted by molar-refractivity contribution is 6.05. The summed E-state index contributed by atoms with van der Waals surface area (Å²) in [7, 11) is 7.91. The fraction of sp³-hybridized carbons (Fsp3) is 0.268. The maximum absolute atomic E-state index is 12.7. The number of benzene rings is 6. The number of aryl methyl sites for hydroxylation is 2. The molecule has 7 rings (SSSR count). The van der Waals surface area contributed by atoms with Gasteiger partial charge < -0.3 is 45.7 Å². The van der Waals surface area contributed by atoms with Gasteiger partial charge in [0.05, 0.1) is 34.0 Å². The average Bonchev–Trinajstić information content (AvgIpc) is 3.74. The molecule has 15 nitrogen and oxygen atoms in total. The van der Waals surface area contributed by atoms with Crippen LogP contribution in [0.25, 0.3) is 10.9 Å². The summed E-state index contributed by atoms with van der Waals surface area (Å²) in [6.45, 7) is 9.43. The van der Waals surface area contributed by atoms with Crippen molar-refractivity contribution < 1.29 is 43.2 Å². The Labute approximate surface area is 415 Å². The van der Waals surface area contributed by atoms with Gasteiger partial charge in [0.15, 0.2) is 28.7 Å². The van der Waals surface area contributed by atoms with Gasteiger partial charge in [0.2, 0.25) is 5.91 Å². The van der Waals surface area contributed by atoms with Gasteiger partial charge in [0, 0.05) is 65.3 Å². The predicted octanol–water partition coefficient (Wildman–Crippen LogP) is 9.45. The number of para-hydroxylation sites is 1. The number of aromatic carboxylic acids is 1. The molecule has 0 atom stereocenters. The molecule has 0 unspecified atom stereocenters. The Kier molecular flexibility index (Phi) is 18.9. The largest absolute Gasteiger partial charge is 0.493 e. The van der Waals surface area contributed by atoms with E-state index in [9.17, 15) is 19.2 Å². The number of rotatable bonds is 17. The lowest BCUT2D eigenvalue weighted by atomic mass is 9.84. The summed E-state index contributed by atoms with van der Waals surface area (Å²) in [5.41, 5.74) is 12.1. The number of nitrogens with one attached hydrogen (secondary N) is 3. The molecule has 0 fully saturated rings. The minimum absolute atomic E-state index is 0.0377. The van der Waals surface area contributed by atoms with Gasteiger partial charge in [0.1, 0.15) is 0 Å². The standard InChI is InChI=1S/C28H32N2O4.C19H24N2O3.C9H8N2O2/c1-28(2,19-29-26(31)17-10-20-8-6-5-7-9-20)22-12-14-23(15-13-22)30-27(32)21-11-16-24(33-3)25(18-21)34-4;1-19(2,12-20)14-6-8-15(9-7-14)21-18(22)13-5-10-16(23-3)17(11-13)24-4;1-11-7-5-3-2-4-6(7)8(10-11)9(12)13/h5-9,11-16,18H,10,17,19H2,1-4H3,(H,29,31)(H,30,32);5-11H,12,20H2,1-4H3,(H,21,22);2-5H,1H3,(H,12,13). The number of hydrogen-bond donors (Lipinski definition) is 5. The summed E-state index contributed by atoms with van der Waals surface area (Å²) in [4.78, 5) is 48.1. The van der Waals surface area contributed by atoms with E-state index in [-0.39, 0.29) is 34.2 Å². The molecular weight excluding hydrogens is 901 g/mol. The quantitative estimate of drug-likeness (QED) is 0.0581. The van der Waals surface area contributed by atoms with Crippen LogP contribution < -0.4 is 40.6 Å².